The summed E-state index contributed by atoms with van der Waals surface area (Å²) in [5, 5.41) is 42.8. The lowest BCUT2D eigenvalue weighted by atomic mass is 10.0. The third kappa shape index (κ3) is 20.6. The Morgan fingerprint density at radius 3 is 1.91 bits per heavy atom. The van der Waals surface area contributed by atoms with Crippen molar-refractivity contribution in [2.24, 2.45) is 22.9 Å². The van der Waals surface area contributed by atoms with Crippen LogP contribution in [0.1, 0.15) is 76.5 Å². The average molecular weight is 1150 g/mol. The third-order valence-electron chi connectivity index (χ3n) is 13.0. The lowest BCUT2D eigenvalue weighted by molar-refractivity contribution is -0.141. The standard InChI is InChI=1S/C50H73N17O15/c1-25(69)42(66-41(74)22-58-40(73)21-56-26(2)70)49(81)64-34(17-28-20-55-24-59-28)46(78)65-36(23-68)48(80)60-31(12-13-38(52)71)44(76)62-33(16-27-19-57-30-9-4-3-8-29(27)30)45(77)63-35(18-39(53)72)47(79)61-32(10-5-6-14-51)50(82)67-15-7-11-37(67)43(54)75/h3-4,8-9,19-20,24-25,31-37,42,57,68-69H,5-7,10-18,21-23,51H2,1-2H3,(H2,52,71)(H2,53,72)(H2,54,75)(H,55,59)(H,56,70)(H,58,73)(H,60,80)(H,61,79)(H,62,76)(H,63,77)(H,64,81)(H,65,78)(H,66,74)/t25-,31+,32+,33+,34+,35+,36+,37+,42+/m1/s1. The van der Waals surface area contributed by atoms with Gasteiger partial charge in [0.1, 0.15) is 48.3 Å². The highest BCUT2D eigenvalue weighted by atomic mass is 16.3. The van der Waals surface area contributed by atoms with Crippen molar-refractivity contribution in [2.75, 3.05) is 32.8 Å². The number of aliphatic hydroxyl groups is 2. The number of amides is 13. The maximum absolute atomic E-state index is 14.5. The van der Waals surface area contributed by atoms with Crippen LogP contribution in [-0.2, 0) is 75.2 Å². The number of benzene rings is 1. The van der Waals surface area contributed by atoms with Gasteiger partial charge in [-0.15, -0.1) is 0 Å². The summed E-state index contributed by atoms with van der Waals surface area (Å²) in [7, 11) is 0. The molecule has 0 aliphatic carbocycles. The predicted octanol–water partition coefficient (Wildman–Crippen LogP) is -7.56. The van der Waals surface area contributed by atoms with E-state index in [2.05, 4.69) is 62.8 Å². The van der Waals surface area contributed by atoms with Crippen LogP contribution >= 0.6 is 0 Å². The summed E-state index contributed by atoms with van der Waals surface area (Å²) in [6.45, 7) is 0.460. The number of aromatic amines is 2. The van der Waals surface area contributed by atoms with Crippen LogP contribution in [0.15, 0.2) is 43.0 Å². The van der Waals surface area contributed by atoms with Crippen LogP contribution in [-0.4, -0.2) is 194 Å². The van der Waals surface area contributed by atoms with E-state index in [1.165, 1.54) is 24.3 Å². The first-order chi connectivity index (χ1) is 38.9. The topological polar surface area (TPSA) is 522 Å². The normalized spacial score (nSPS) is 15.8. The minimum atomic E-state index is -1.90. The van der Waals surface area contributed by atoms with Gasteiger partial charge in [-0.3, -0.25) is 62.3 Å². The van der Waals surface area contributed by atoms with E-state index >= 15 is 0 Å². The number of primary amides is 3. The van der Waals surface area contributed by atoms with Crippen molar-refractivity contribution in [3.05, 3.63) is 54.2 Å². The maximum Gasteiger partial charge on any atom is 0.245 e. The molecule has 1 aliphatic rings. The summed E-state index contributed by atoms with van der Waals surface area (Å²) in [6, 6.07) is -5.76. The van der Waals surface area contributed by atoms with Gasteiger partial charge < -0.3 is 95.9 Å². The summed E-state index contributed by atoms with van der Waals surface area (Å²) in [5.74, 6) is -12.3. The Morgan fingerprint density at radius 2 is 1.29 bits per heavy atom. The Kier molecular flexibility index (Phi) is 25.8. The molecule has 82 heavy (non-hydrogen) atoms. The van der Waals surface area contributed by atoms with Gasteiger partial charge in [0.15, 0.2) is 0 Å². The number of unbranched alkanes of at least 4 members (excludes halogenated alkanes) is 1. The number of H-pyrrole nitrogens is 2. The molecule has 32 heteroatoms. The van der Waals surface area contributed by atoms with Crippen LogP contribution in [0.3, 0.4) is 0 Å². The number of hydrogen-bond acceptors (Lipinski definition) is 17. The summed E-state index contributed by atoms with van der Waals surface area (Å²) in [6.07, 6.45) is 1.56. The number of rotatable bonds is 34. The molecule has 0 bridgehead atoms. The predicted molar refractivity (Wildman–Crippen MR) is 287 cm³/mol. The number of aliphatic hydroxyl groups excluding tert-OH is 2. The number of para-hydroxylation sites is 1. The van der Waals surface area contributed by atoms with Gasteiger partial charge in [-0.2, -0.15) is 0 Å². The fraction of sp³-hybridized carbons (Fsp3) is 0.520. The Hall–Kier alpha value is -9.04. The summed E-state index contributed by atoms with van der Waals surface area (Å²) in [5.41, 5.74) is 23.6. The molecule has 1 aromatic carbocycles. The Morgan fingerprint density at radius 1 is 0.695 bits per heavy atom. The molecular weight excluding hydrogens is 1080 g/mol. The molecule has 4 rings (SSSR count). The minimum absolute atomic E-state index is 0.0437. The van der Waals surface area contributed by atoms with E-state index in [0.29, 0.717) is 42.1 Å². The van der Waals surface area contributed by atoms with Crippen LogP contribution in [0.25, 0.3) is 10.9 Å². The number of hydrogen-bond donors (Lipinski definition) is 17. The molecule has 0 saturated carbocycles. The average Bonchev–Trinajstić information content (AvgIpc) is 4.24. The zero-order chi connectivity index (χ0) is 60.6. The second-order valence-electron chi connectivity index (χ2n) is 19.4. The number of aromatic nitrogens is 3. The Balaban J connectivity index is 1.59. The van der Waals surface area contributed by atoms with Crippen LogP contribution in [0, 0.1) is 0 Å². The third-order valence-corrected chi connectivity index (χ3v) is 13.0. The van der Waals surface area contributed by atoms with E-state index in [4.69, 9.17) is 22.9 Å². The highest BCUT2D eigenvalue weighted by Gasteiger charge is 2.39. The second kappa shape index (κ2) is 32.3. The molecule has 13 amide bonds. The van der Waals surface area contributed by atoms with Crippen molar-refractivity contribution >= 4 is 87.7 Å². The monoisotopic (exact) mass is 1150 g/mol. The van der Waals surface area contributed by atoms with Crippen molar-refractivity contribution in [3.8, 4) is 0 Å². The van der Waals surface area contributed by atoms with Crippen LogP contribution in [0.2, 0.25) is 0 Å². The van der Waals surface area contributed by atoms with Gasteiger partial charge in [0, 0.05) is 61.7 Å². The largest absolute Gasteiger partial charge is 0.394 e. The van der Waals surface area contributed by atoms with Crippen molar-refractivity contribution in [1.29, 1.82) is 0 Å². The molecule has 0 radical (unpaired) electrons. The summed E-state index contributed by atoms with van der Waals surface area (Å²) >= 11 is 0. The van der Waals surface area contributed by atoms with E-state index in [-0.39, 0.29) is 38.0 Å². The van der Waals surface area contributed by atoms with E-state index < -0.39 is 170 Å². The number of nitrogens with two attached hydrogens (primary N) is 4. The molecule has 32 nitrogen and oxygen atoms in total. The molecule has 21 N–H and O–H groups in total. The lowest BCUT2D eigenvalue weighted by Crippen LogP contribution is -2.62. The van der Waals surface area contributed by atoms with Crippen molar-refractivity contribution in [3.63, 3.8) is 0 Å². The number of likely N-dealkylation sites (tertiary alicyclic amines) is 1. The molecule has 2 aromatic heterocycles. The Labute approximate surface area is 469 Å². The Bertz CT molecular complexity index is 2770. The first-order valence-electron chi connectivity index (χ1n) is 26.2. The number of fused-ring (bicyclic) bond motifs is 1. The summed E-state index contributed by atoms with van der Waals surface area (Å²) < 4.78 is 0. The quantitative estimate of drug-likeness (QED) is 0.0247. The van der Waals surface area contributed by atoms with Gasteiger partial charge in [0.2, 0.25) is 76.8 Å². The van der Waals surface area contributed by atoms with E-state index in [1.807, 2.05) is 0 Å². The maximum atomic E-state index is 14.5. The van der Waals surface area contributed by atoms with Crippen LogP contribution in [0.5, 0.6) is 0 Å². The van der Waals surface area contributed by atoms with Gasteiger partial charge in [-0.1, -0.05) is 18.2 Å². The van der Waals surface area contributed by atoms with Crippen molar-refractivity contribution in [1.82, 2.24) is 67.7 Å². The van der Waals surface area contributed by atoms with Crippen molar-refractivity contribution in [2.45, 2.75) is 132 Å². The zero-order valence-electron chi connectivity index (χ0n) is 45.2. The molecular formula is C50H73N17O15. The fourth-order valence-electron chi connectivity index (χ4n) is 8.69. The zero-order valence-corrected chi connectivity index (χ0v) is 45.2. The molecule has 1 saturated heterocycles. The van der Waals surface area contributed by atoms with E-state index in [9.17, 15) is 72.5 Å². The molecule has 3 aromatic rings. The first-order valence-corrected chi connectivity index (χ1v) is 26.2. The van der Waals surface area contributed by atoms with Gasteiger partial charge in [-0.25, -0.2) is 4.98 Å². The number of carbonyl (C=O) groups excluding carboxylic acids is 13. The molecule has 9 atom stereocenters. The smallest absolute Gasteiger partial charge is 0.245 e. The van der Waals surface area contributed by atoms with Gasteiger partial charge in [0.05, 0.1) is 38.5 Å². The minimum Gasteiger partial charge on any atom is -0.394 e. The molecule has 1 fully saturated rings. The molecule has 0 unspecified atom stereocenters. The second-order valence-corrected chi connectivity index (χ2v) is 19.4. The van der Waals surface area contributed by atoms with E-state index in [1.54, 1.807) is 30.5 Å². The van der Waals surface area contributed by atoms with Crippen molar-refractivity contribution < 1.29 is 72.5 Å². The van der Waals surface area contributed by atoms with E-state index in [0.717, 1.165) is 6.92 Å². The molecule has 448 valence electrons. The van der Waals surface area contributed by atoms with Crippen LogP contribution in [0.4, 0.5) is 0 Å². The van der Waals surface area contributed by atoms with Gasteiger partial charge in [-0.05, 0) is 63.6 Å². The number of carbonyl (C=O) groups is 13. The number of nitrogens with one attached hydrogen (secondary N) is 11. The SMILES string of the molecule is CC(=O)NCC(=O)NCC(=O)N[C@H](C(=O)N[C@@H](Cc1cnc[nH]1)C(=O)N[C@@H](CO)C(=O)N[C@@H](CCC(N)=O)C(=O)N[C@@H](Cc1c[nH]c2ccccc12)C(=O)N[C@@H](CC(N)=O)C(=O)N[C@@H](CCCCN)C(=O)N1CCC[C@H]1C(N)=O)[C@@H](C)O. The highest BCUT2D eigenvalue weighted by Crippen LogP contribution is 2.21. The first kappa shape index (κ1) is 65.5. The molecule has 0 spiro atoms. The molecule has 1 aliphatic heterocycles. The van der Waals surface area contributed by atoms with Gasteiger partial charge >= 0.3 is 0 Å². The lowest BCUT2D eigenvalue weighted by Gasteiger charge is -2.29. The fourth-order valence-corrected chi connectivity index (χ4v) is 8.69. The summed E-state index contributed by atoms with van der Waals surface area (Å²) in [4.78, 5) is 182. The number of nitrogens with zero attached hydrogens (tertiary/aromatic N) is 2. The highest BCUT2D eigenvalue weighted by molar-refractivity contribution is 6.00. The number of imidazole rings is 1. The van der Waals surface area contributed by atoms with Gasteiger partial charge in [0.25, 0.3) is 0 Å². The molecule has 3 heterocycles. The van der Waals surface area contributed by atoms with Crippen LogP contribution < -0.4 is 70.8 Å².